The summed E-state index contributed by atoms with van der Waals surface area (Å²) in [5, 5.41) is 3.33. The quantitative estimate of drug-likeness (QED) is 0.602. The Hall–Kier alpha value is -1.79. The minimum Gasteiger partial charge on any atom is -0.492 e. The first-order valence-corrected chi connectivity index (χ1v) is 8.66. The number of ether oxygens (including phenoxy) is 2. The highest BCUT2D eigenvalue weighted by molar-refractivity contribution is 5.79. The lowest BCUT2D eigenvalue weighted by atomic mass is 10.3. The molecular formula is C18H30N4O2. The number of likely N-dealkylation sites (N-methyl/N-ethyl adjacent to an activating group) is 2. The number of nitrogens with one attached hydrogen (secondary N) is 1. The summed E-state index contributed by atoms with van der Waals surface area (Å²) in [6.45, 7) is 7.70. The van der Waals surface area contributed by atoms with Crippen molar-refractivity contribution in [2.24, 2.45) is 4.99 Å². The van der Waals surface area contributed by atoms with Gasteiger partial charge >= 0.3 is 0 Å². The molecule has 1 aromatic carbocycles. The van der Waals surface area contributed by atoms with E-state index in [1.54, 1.807) is 0 Å². The van der Waals surface area contributed by atoms with Crippen molar-refractivity contribution in [1.29, 1.82) is 0 Å². The standard InChI is InChI=1S/C18H30N4O2/c1-4-19-18(20-14-17-15-21(2)10-12-24-17)22(3)11-13-23-16-8-6-5-7-9-16/h5-9,17H,4,10-15H2,1-3H3,(H,19,20). The van der Waals surface area contributed by atoms with Crippen LogP contribution in [0, 0.1) is 0 Å². The number of para-hydroxylation sites is 1. The lowest BCUT2D eigenvalue weighted by molar-refractivity contribution is -0.0137. The Bertz CT molecular complexity index is 495. The van der Waals surface area contributed by atoms with Gasteiger partial charge in [0.25, 0.3) is 0 Å². The molecule has 24 heavy (non-hydrogen) atoms. The van der Waals surface area contributed by atoms with Crippen LogP contribution < -0.4 is 10.1 Å². The topological polar surface area (TPSA) is 49.3 Å². The third-order valence-corrected chi connectivity index (χ3v) is 3.92. The molecule has 0 saturated carbocycles. The van der Waals surface area contributed by atoms with Crippen molar-refractivity contribution in [3.8, 4) is 5.75 Å². The van der Waals surface area contributed by atoms with Gasteiger partial charge in [-0.1, -0.05) is 18.2 Å². The van der Waals surface area contributed by atoms with Crippen molar-refractivity contribution in [3.63, 3.8) is 0 Å². The van der Waals surface area contributed by atoms with Gasteiger partial charge in [0, 0.05) is 26.7 Å². The Kier molecular flexibility index (Phi) is 7.85. The minimum absolute atomic E-state index is 0.173. The number of hydrogen-bond donors (Lipinski definition) is 1. The first kappa shape index (κ1) is 18.5. The maximum Gasteiger partial charge on any atom is 0.193 e. The van der Waals surface area contributed by atoms with E-state index in [1.165, 1.54) is 0 Å². The smallest absolute Gasteiger partial charge is 0.193 e. The van der Waals surface area contributed by atoms with Gasteiger partial charge in [0.15, 0.2) is 5.96 Å². The molecule has 1 atom stereocenters. The zero-order valence-electron chi connectivity index (χ0n) is 15.1. The molecule has 134 valence electrons. The average Bonchev–Trinajstić information content (AvgIpc) is 2.59. The number of rotatable bonds is 7. The molecule has 2 rings (SSSR count). The number of benzene rings is 1. The van der Waals surface area contributed by atoms with Gasteiger partial charge < -0.3 is 24.6 Å². The van der Waals surface area contributed by atoms with Crippen molar-refractivity contribution in [3.05, 3.63) is 30.3 Å². The molecule has 1 unspecified atom stereocenters. The van der Waals surface area contributed by atoms with Crippen LogP contribution in [0.2, 0.25) is 0 Å². The zero-order valence-corrected chi connectivity index (χ0v) is 15.1. The van der Waals surface area contributed by atoms with Gasteiger partial charge in [-0.2, -0.15) is 0 Å². The third kappa shape index (κ3) is 6.37. The van der Waals surface area contributed by atoms with Crippen LogP contribution in [-0.4, -0.2) is 81.9 Å². The molecule has 1 heterocycles. The molecule has 1 fully saturated rings. The number of aliphatic imine (C=N–C) groups is 1. The van der Waals surface area contributed by atoms with Gasteiger partial charge in [0.1, 0.15) is 12.4 Å². The van der Waals surface area contributed by atoms with Crippen molar-refractivity contribution in [2.45, 2.75) is 13.0 Å². The predicted molar refractivity (Wildman–Crippen MR) is 97.8 cm³/mol. The Morgan fingerprint density at radius 1 is 1.42 bits per heavy atom. The second-order valence-electron chi connectivity index (χ2n) is 6.03. The Balaban J connectivity index is 1.80. The van der Waals surface area contributed by atoms with Gasteiger partial charge in [0.05, 0.1) is 25.8 Å². The van der Waals surface area contributed by atoms with E-state index in [0.29, 0.717) is 13.2 Å². The number of nitrogens with zero attached hydrogens (tertiary/aromatic N) is 3. The van der Waals surface area contributed by atoms with Crippen LogP contribution >= 0.6 is 0 Å². The van der Waals surface area contributed by atoms with Crippen molar-refractivity contribution >= 4 is 5.96 Å². The van der Waals surface area contributed by atoms with Crippen LogP contribution in [0.15, 0.2) is 35.3 Å². The molecule has 6 nitrogen and oxygen atoms in total. The van der Waals surface area contributed by atoms with Crippen molar-refractivity contribution in [1.82, 2.24) is 15.1 Å². The summed E-state index contributed by atoms with van der Waals surface area (Å²) in [6, 6.07) is 9.88. The molecule has 1 aromatic rings. The summed E-state index contributed by atoms with van der Waals surface area (Å²) in [4.78, 5) is 9.10. The van der Waals surface area contributed by atoms with Gasteiger partial charge in [-0.3, -0.25) is 4.99 Å². The van der Waals surface area contributed by atoms with Crippen LogP contribution in [0.4, 0.5) is 0 Å². The zero-order chi connectivity index (χ0) is 17.2. The van der Waals surface area contributed by atoms with Gasteiger partial charge in [-0.05, 0) is 26.1 Å². The maximum atomic E-state index is 5.78. The van der Waals surface area contributed by atoms with Crippen LogP contribution in [0.5, 0.6) is 5.75 Å². The molecule has 0 spiro atoms. The van der Waals surface area contributed by atoms with Gasteiger partial charge in [-0.25, -0.2) is 0 Å². The van der Waals surface area contributed by atoms with E-state index in [2.05, 4.69) is 29.1 Å². The summed E-state index contributed by atoms with van der Waals surface area (Å²) in [6.07, 6.45) is 0.173. The molecule has 1 aliphatic heterocycles. The van der Waals surface area contributed by atoms with E-state index in [-0.39, 0.29) is 6.10 Å². The van der Waals surface area contributed by atoms with Gasteiger partial charge in [-0.15, -0.1) is 0 Å². The van der Waals surface area contributed by atoms with E-state index < -0.39 is 0 Å². The number of hydrogen-bond acceptors (Lipinski definition) is 4. The van der Waals surface area contributed by atoms with E-state index in [4.69, 9.17) is 14.5 Å². The molecule has 1 saturated heterocycles. The molecule has 0 aliphatic carbocycles. The average molecular weight is 334 g/mol. The first-order valence-electron chi connectivity index (χ1n) is 8.66. The van der Waals surface area contributed by atoms with Crippen LogP contribution in [0.1, 0.15) is 6.92 Å². The highest BCUT2D eigenvalue weighted by Crippen LogP contribution is 2.08. The number of morpholine rings is 1. The lowest BCUT2D eigenvalue weighted by Gasteiger charge is -2.29. The maximum absolute atomic E-state index is 5.78. The van der Waals surface area contributed by atoms with Crippen molar-refractivity contribution < 1.29 is 9.47 Å². The van der Waals surface area contributed by atoms with E-state index in [0.717, 1.165) is 44.5 Å². The predicted octanol–water partition coefficient (Wildman–Crippen LogP) is 1.29. The highest BCUT2D eigenvalue weighted by Gasteiger charge is 2.17. The fourth-order valence-electron chi connectivity index (χ4n) is 2.56. The highest BCUT2D eigenvalue weighted by atomic mass is 16.5. The van der Waals surface area contributed by atoms with Gasteiger partial charge in [0.2, 0.25) is 0 Å². The third-order valence-electron chi connectivity index (χ3n) is 3.92. The fourth-order valence-corrected chi connectivity index (χ4v) is 2.56. The summed E-state index contributed by atoms with van der Waals surface area (Å²) >= 11 is 0. The fraction of sp³-hybridized carbons (Fsp3) is 0.611. The normalized spacial score (nSPS) is 19.1. The SMILES string of the molecule is CCNC(=NCC1CN(C)CCO1)N(C)CCOc1ccccc1. The molecule has 1 aliphatic rings. The molecule has 0 aromatic heterocycles. The largest absolute Gasteiger partial charge is 0.492 e. The van der Waals surface area contributed by atoms with E-state index in [1.807, 2.05) is 37.4 Å². The molecule has 0 amide bonds. The monoisotopic (exact) mass is 334 g/mol. The van der Waals surface area contributed by atoms with E-state index >= 15 is 0 Å². The molecule has 0 bridgehead atoms. The second kappa shape index (κ2) is 10.2. The Morgan fingerprint density at radius 3 is 2.92 bits per heavy atom. The molecule has 6 heteroatoms. The summed E-state index contributed by atoms with van der Waals surface area (Å²) in [5.74, 6) is 1.79. The molecule has 0 radical (unpaired) electrons. The number of guanidine groups is 1. The first-order chi connectivity index (χ1) is 11.7. The Morgan fingerprint density at radius 2 is 2.21 bits per heavy atom. The Labute approximate surface area is 145 Å². The summed E-state index contributed by atoms with van der Waals surface area (Å²) in [7, 11) is 4.15. The van der Waals surface area contributed by atoms with Crippen LogP contribution in [0.25, 0.3) is 0 Å². The summed E-state index contributed by atoms with van der Waals surface area (Å²) in [5.41, 5.74) is 0. The van der Waals surface area contributed by atoms with Crippen LogP contribution in [0.3, 0.4) is 0 Å². The van der Waals surface area contributed by atoms with Crippen LogP contribution in [-0.2, 0) is 4.74 Å². The van der Waals surface area contributed by atoms with Crippen molar-refractivity contribution in [2.75, 3.05) is 60.0 Å². The lowest BCUT2D eigenvalue weighted by Crippen LogP contribution is -2.44. The summed E-state index contributed by atoms with van der Waals surface area (Å²) < 4.78 is 11.5. The second-order valence-corrected chi connectivity index (χ2v) is 6.03. The van der Waals surface area contributed by atoms with E-state index in [9.17, 15) is 0 Å². The molecular weight excluding hydrogens is 304 g/mol. The minimum atomic E-state index is 0.173. The molecule has 1 N–H and O–H groups in total.